The lowest BCUT2D eigenvalue weighted by Crippen LogP contribution is -2.46. The van der Waals surface area contributed by atoms with Crippen molar-refractivity contribution in [1.82, 2.24) is 9.80 Å². The van der Waals surface area contributed by atoms with Crippen LogP contribution in [0.15, 0.2) is 24.3 Å². The second-order valence-electron chi connectivity index (χ2n) is 8.03. The van der Waals surface area contributed by atoms with Crippen molar-refractivity contribution in [3.63, 3.8) is 0 Å². The first-order valence-electron chi connectivity index (χ1n) is 9.53. The van der Waals surface area contributed by atoms with Gasteiger partial charge in [-0.3, -0.25) is 0 Å². The molecule has 0 bridgehead atoms. The van der Waals surface area contributed by atoms with E-state index in [-0.39, 0.29) is 6.03 Å². The van der Waals surface area contributed by atoms with Gasteiger partial charge in [0.15, 0.2) is 0 Å². The van der Waals surface area contributed by atoms with Gasteiger partial charge in [0, 0.05) is 43.4 Å². The molecule has 2 aliphatic heterocycles. The third-order valence-electron chi connectivity index (χ3n) is 5.46. The third-order valence-corrected chi connectivity index (χ3v) is 5.71. The fraction of sp³-hybridized carbons (Fsp3) is 0.650. The Morgan fingerprint density at radius 2 is 1.72 bits per heavy atom. The van der Waals surface area contributed by atoms with E-state index in [4.69, 9.17) is 11.6 Å². The summed E-state index contributed by atoms with van der Waals surface area (Å²) in [4.78, 5) is 17.0. The number of nitrogens with zero attached hydrogens (tertiary/aromatic N) is 2. The maximum Gasteiger partial charge on any atom is 0.321 e. The largest absolute Gasteiger partial charge is 0.325 e. The summed E-state index contributed by atoms with van der Waals surface area (Å²) < 4.78 is 0. The number of carbonyl (C=O) groups excluding carboxylic acids is 1. The van der Waals surface area contributed by atoms with E-state index in [2.05, 4.69) is 24.1 Å². The van der Waals surface area contributed by atoms with Crippen molar-refractivity contribution in [2.75, 3.05) is 38.0 Å². The van der Waals surface area contributed by atoms with Gasteiger partial charge < -0.3 is 15.1 Å². The molecule has 2 heterocycles. The number of piperidine rings is 2. The second-order valence-corrected chi connectivity index (χ2v) is 8.47. The second kappa shape index (κ2) is 8.41. The Morgan fingerprint density at radius 3 is 2.32 bits per heavy atom. The number of hydrogen-bond acceptors (Lipinski definition) is 2. The smallest absolute Gasteiger partial charge is 0.321 e. The zero-order chi connectivity index (χ0) is 17.8. The van der Waals surface area contributed by atoms with E-state index in [9.17, 15) is 4.79 Å². The molecule has 1 aromatic carbocycles. The highest BCUT2D eigenvalue weighted by Gasteiger charge is 2.27. The standard InChI is InChI=1S/C20H30ClN3O/c1-15-11-16(2)13-23(12-15)14-17-7-9-24(10-8-17)20(25)22-19-5-3-18(21)4-6-19/h3-6,15-17H,7-14H2,1-2H3,(H,22,25)/t15-,16+. The Hall–Kier alpha value is -1.26. The minimum absolute atomic E-state index is 0.000916. The average Bonchev–Trinajstić information content (AvgIpc) is 2.56. The number of hydrogen-bond donors (Lipinski definition) is 1. The van der Waals surface area contributed by atoms with Gasteiger partial charge in [-0.25, -0.2) is 4.79 Å². The van der Waals surface area contributed by atoms with E-state index in [1.807, 2.05) is 17.0 Å². The maximum atomic E-state index is 12.4. The Bertz CT molecular complexity index is 559. The zero-order valence-corrected chi connectivity index (χ0v) is 16.1. The van der Waals surface area contributed by atoms with Gasteiger partial charge >= 0.3 is 6.03 Å². The first-order valence-corrected chi connectivity index (χ1v) is 9.91. The summed E-state index contributed by atoms with van der Waals surface area (Å²) >= 11 is 5.88. The SMILES string of the molecule is C[C@@H]1C[C@H](C)CN(CC2CCN(C(=O)Nc3ccc(Cl)cc3)CC2)C1. The number of carbonyl (C=O) groups is 1. The van der Waals surface area contributed by atoms with Crippen LogP contribution in [0.3, 0.4) is 0 Å². The van der Waals surface area contributed by atoms with Gasteiger partial charge in [-0.1, -0.05) is 25.4 Å². The van der Waals surface area contributed by atoms with Crippen molar-refractivity contribution in [2.24, 2.45) is 17.8 Å². The molecule has 5 heteroatoms. The third kappa shape index (κ3) is 5.35. The molecule has 2 atom stereocenters. The van der Waals surface area contributed by atoms with Crippen LogP contribution in [0, 0.1) is 17.8 Å². The van der Waals surface area contributed by atoms with E-state index in [1.165, 1.54) is 26.1 Å². The van der Waals surface area contributed by atoms with Gasteiger partial charge in [0.25, 0.3) is 0 Å². The Labute approximate surface area is 156 Å². The maximum absolute atomic E-state index is 12.4. The predicted molar refractivity (Wildman–Crippen MR) is 104 cm³/mol. The van der Waals surface area contributed by atoms with Crippen molar-refractivity contribution < 1.29 is 4.79 Å². The highest BCUT2D eigenvalue weighted by atomic mass is 35.5. The lowest BCUT2D eigenvalue weighted by molar-refractivity contribution is 0.101. The number of likely N-dealkylation sites (tertiary alicyclic amines) is 2. The molecule has 0 saturated carbocycles. The highest BCUT2D eigenvalue weighted by molar-refractivity contribution is 6.30. The molecule has 0 aliphatic carbocycles. The van der Waals surface area contributed by atoms with Crippen molar-refractivity contribution >= 4 is 23.3 Å². The van der Waals surface area contributed by atoms with Crippen LogP contribution in [0.5, 0.6) is 0 Å². The van der Waals surface area contributed by atoms with E-state index in [0.717, 1.165) is 49.4 Å². The van der Waals surface area contributed by atoms with Crippen LogP contribution in [0.2, 0.25) is 5.02 Å². The molecule has 0 spiro atoms. The summed E-state index contributed by atoms with van der Waals surface area (Å²) in [5.41, 5.74) is 0.799. The fourth-order valence-electron chi connectivity index (χ4n) is 4.36. The molecule has 0 aromatic heterocycles. The quantitative estimate of drug-likeness (QED) is 0.854. The summed E-state index contributed by atoms with van der Waals surface area (Å²) in [7, 11) is 0. The molecule has 4 nitrogen and oxygen atoms in total. The summed E-state index contributed by atoms with van der Waals surface area (Å²) in [5, 5.41) is 3.65. The fourth-order valence-corrected chi connectivity index (χ4v) is 4.49. The minimum Gasteiger partial charge on any atom is -0.325 e. The monoisotopic (exact) mass is 363 g/mol. The van der Waals surface area contributed by atoms with E-state index < -0.39 is 0 Å². The number of rotatable bonds is 3. The number of amides is 2. The van der Waals surface area contributed by atoms with Crippen molar-refractivity contribution in [1.29, 1.82) is 0 Å². The lowest BCUT2D eigenvalue weighted by atomic mass is 9.89. The van der Waals surface area contributed by atoms with Crippen molar-refractivity contribution in [3.05, 3.63) is 29.3 Å². The highest BCUT2D eigenvalue weighted by Crippen LogP contribution is 2.25. The summed E-state index contributed by atoms with van der Waals surface area (Å²) in [6.45, 7) is 10.1. The molecule has 1 N–H and O–H groups in total. The molecular formula is C20H30ClN3O. The van der Waals surface area contributed by atoms with Crippen molar-refractivity contribution in [3.8, 4) is 0 Å². The van der Waals surface area contributed by atoms with Crippen LogP contribution in [0.1, 0.15) is 33.1 Å². The van der Waals surface area contributed by atoms with Gasteiger partial charge in [-0.05, 0) is 61.3 Å². The lowest BCUT2D eigenvalue weighted by Gasteiger charge is -2.39. The normalized spacial score (nSPS) is 25.8. The number of nitrogens with one attached hydrogen (secondary N) is 1. The zero-order valence-electron chi connectivity index (χ0n) is 15.4. The molecule has 2 aliphatic rings. The molecule has 138 valence electrons. The Balaban J connectivity index is 1.43. The number of urea groups is 1. The van der Waals surface area contributed by atoms with Gasteiger partial charge in [-0.15, -0.1) is 0 Å². The molecule has 2 amide bonds. The summed E-state index contributed by atoms with van der Waals surface area (Å²) in [6.07, 6.45) is 3.57. The number of anilines is 1. The average molecular weight is 364 g/mol. The first kappa shape index (κ1) is 18.5. The van der Waals surface area contributed by atoms with E-state index >= 15 is 0 Å². The van der Waals surface area contributed by atoms with E-state index in [0.29, 0.717) is 5.02 Å². The molecule has 1 aromatic rings. The van der Waals surface area contributed by atoms with Crippen LogP contribution in [0.25, 0.3) is 0 Å². The number of benzene rings is 1. The molecule has 0 unspecified atom stereocenters. The Kier molecular flexibility index (Phi) is 6.24. The molecule has 3 rings (SSSR count). The van der Waals surface area contributed by atoms with Gasteiger partial charge in [0.1, 0.15) is 0 Å². The molecule has 0 radical (unpaired) electrons. The van der Waals surface area contributed by atoms with Crippen LogP contribution in [0.4, 0.5) is 10.5 Å². The molecular weight excluding hydrogens is 334 g/mol. The molecule has 2 saturated heterocycles. The van der Waals surface area contributed by atoms with Crippen LogP contribution >= 0.6 is 11.6 Å². The molecule has 25 heavy (non-hydrogen) atoms. The van der Waals surface area contributed by atoms with Crippen LogP contribution < -0.4 is 5.32 Å². The predicted octanol–water partition coefficient (Wildman–Crippen LogP) is 4.56. The van der Waals surface area contributed by atoms with E-state index in [1.54, 1.807) is 12.1 Å². The Morgan fingerprint density at radius 1 is 1.12 bits per heavy atom. The topological polar surface area (TPSA) is 35.6 Å². The van der Waals surface area contributed by atoms with Crippen LogP contribution in [-0.2, 0) is 0 Å². The van der Waals surface area contributed by atoms with Crippen molar-refractivity contribution in [2.45, 2.75) is 33.1 Å². The summed E-state index contributed by atoms with van der Waals surface area (Å²) in [6, 6.07) is 7.27. The van der Waals surface area contributed by atoms with Gasteiger partial charge in [0.2, 0.25) is 0 Å². The number of halogens is 1. The van der Waals surface area contributed by atoms with Gasteiger partial charge in [-0.2, -0.15) is 0 Å². The first-order chi connectivity index (χ1) is 12.0. The van der Waals surface area contributed by atoms with Gasteiger partial charge in [0.05, 0.1) is 0 Å². The summed E-state index contributed by atoms with van der Waals surface area (Å²) in [5.74, 6) is 2.35. The molecule has 2 fully saturated rings. The van der Waals surface area contributed by atoms with Crippen LogP contribution in [-0.4, -0.2) is 48.6 Å². The minimum atomic E-state index is 0.000916.